The summed E-state index contributed by atoms with van der Waals surface area (Å²) >= 11 is 0. The molecular formula is C25H28N6O3. The van der Waals surface area contributed by atoms with Gasteiger partial charge in [0.15, 0.2) is 11.5 Å². The molecule has 176 valence electrons. The number of carbonyl (C=O) groups excluding carboxylic acids is 1. The van der Waals surface area contributed by atoms with Gasteiger partial charge in [-0.15, -0.1) is 0 Å². The number of hydrogen-bond acceptors (Lipinski definition) is 7. The second kappa shape index (κ2) is 9.86. The van der Waals surface area contributed by atoms with E-state index in [0.29, 0.717) is 36.1 Å². The Labute approximate surface area is 198 Å². The van der Waals surface area contributed by atoms with Gasteiger partial charge in [0.2, 0.25) is 5.95 Å². The molecule has 9 heteroatoms. The number of amides is 2. The Morgan fingerprint density at radius 3 is 2.29 bits per heavy atom. The van der Waals surface area contributed by atoms with Crippen LogP contribution in [0.4, 0.5) is 33.6 Å². The fourth-order valence-electron chi connectivity index (χ4n) is 4.05. The first-order valence-corrected chi connectivity index (χ1v) is 11.6. The molecule has 34 heavy (non-hydrogen) atoms. The molecule has 0 unspecified atom stereocenters. The van der Waals surface area contributed by atoms with Gasteiger partial charge in [0.05, 0.1) is 0 Å². The van der Waals surface area contributed by atoms with E-state index in [4.69, 9.17) is 14.5 Å². The number of aryl methyl sites for hydroxylation is 1. The van der Waals surface area contributed by atoms with Crippen LogP contribution < -0.4 is 30.3 Å². The zero-order chi connectivity index (χ0) is 23.3. The topological polar surface area (TPSA) is 101 Å². The molecule has 1 saturated heterocycles. The maximum absolute atomic E-state index is 12.4. The van der Waals surface area contributed by atoms with Gasteiger partial charge in [-0.2, -0.15) is 4.98 Å². The molecule has 2 amide bonds. The monoisotopic (exact) mass is 460 g/mol. The second-order valence-electron chi connectivity index (χ2n) is 8.38. The predicted octanol–water partition coefficient (Wildman–Crippen LogP) is 4.93. The van der Waals surface area contributed by atoms with Crippen LogP contribution in [0.2, 0.25) is 0 Å². The van der Waals surface area contributed by atoms with Crippen molar-refractivity contribution in [3.63, 3.8) is 0 Å². The number of piperidine rings is 1. The van der Waals surface area contributed by atoms with E-state index >= 15 is 0 Å². The summed E-state index contributed by atoms with van der Waals surface area (Å²) in [4.78, 5) is 24.0. The van der Waals surface area contributed by atoms with E-state index in [0.717, 1.165) is 36.2 Å². The SMILES string of the molecule is Cc1cc(Nc2ccc(NC(=O)Nc3ccc4c(c3)OCCO4)cc2)nc(N2CCCCC2)n1. The van der Waals surface area contributed by atoms with Crippen molar-refractivity contribution >= 4 is 34.9 Å². The maximum Gasteiger partial charge on any atom is 0.323 e. The molecule has 2 aromatic carbocycles. The minimum absolute atomic E-state index is 0.338. The number of nitrogens with zero attached hydrogens (tertiary/aromatic N) is 3. The van der Waals surface area contributed by atoms with Crippen molar-refractivity contribution in [3.05, 3.63) is 54.2 Å². The van der Waals surface area contributed by atoms with Crippen molar-refractivity contribution < 1.29 is 14.3 Å². The van der Waals surface area contributed by atoms with Crippen LogP contribution in [0.25, 0.3) is 0 Å². The number of aromatic nitrogens is 2. The van der Waals surface area contributed by atoms with E-state index in [2.05, 4.69) is 25.8 Å². The van der Waals surface area contributed by atoms with Crippen molar-refractivity contribution in [3.8, 4) is 11.5 Å². The summed E-state index contributed by atoms with van der Waals surface area (Å²) in [5.74, 6) is 2.84. The largest absolute Gasteiger partial charge is 0.486 e. The first-order chi connectivity index (χ1) is 16.6. The summed E-state index contributed by atoms with van der Waals surface area (Å²) in [6, 6.07) is 14.4. The van der Waals surface area contributed by atoms with Gasteiger partial charge in [0, 0.05) is 48.0 Å². The molecule has 9 nitrogen and oxygen atoms in total. The van der Waals surface area contributed by atoms with Crippen LogP contribution in [0.3, 0.4) is 0 Å². The molecule has 0 radical (unpaired) electrons. The Balaban J connectivity index is 1.19. The van der Waals surface area contributed by atoms with Crippen LogP contribution in [0, 0.1) is 6.92 Å². The fraction of sp³-hybridized carbons (Fsp3) is 0.320. The summed E-state index contributed by atoms with van der Waals surface area (Å²) in [5, 5.41) is 9.00. The Morgan fingerprint density at radius 1 is 0.824 bits per heavy atom. The lowest BCUT2D eigenvalue weighted by Gasteiger charge is -2.27. The third-order valence-electron chi connectivity index (χ3n) is 5.70. The van der Waals surface area contributed by atoms with Crippen LogP contribution in [0.15, 0.2) is 48.5 Å². The van der Waals surface area contributed by atoms with E-state index in [1.54, 1.807) is 18.2 Å². The molecule has 0 spiro atoms. The normalized spacial score (nSPS) is 14.9. The number of nitrogens with one attached hydrogen (secondary N) is 3. The number of hydrogen-bond donors (Lipinski definition) is 3. The highest BCUT2D eigenvalue weighted by Gasteiger charge is 2.15. The molecule has 3 aromatic rings. The van der Waals surface area contributed by atoms with Gasteiger partial charge < -0.3 is 30.3 Å². The predicted molar refractivity (Wildman–Crippen MR) is 133 cm³/mol. The molecule has 5 rings (SSSR count). The van der Waals surface area contributed by atoms with E-state index in [1.807, 2.05) is 37.3 Å². The molecule has 0 aliphatic carbocycles. The summed E-state index contributed by atoms with van der Waals surface area (Å²) in [6.07, 6.45) is 3.62. The number of carbonyl (C=O) groups is 1. The quantitative estimate of drug-likeness (QED) is 0.496. The van der Waals surface area contributed by atoms with E-state index in [-0.39, 0.29) is 6.03 Å². The van der Waals surface area contributed by atoms with Gasteiger partial charge in [-0.3, -0.25) is 0 Å². The minimum Gasteiger partial charge on any atom is -0.486 e. The zero-order valence-corrected chi connectivity index (χ0v) is 19.1. The Kier molecular flexibility index (Phi) is 6.33. The van der Waals surface area contributed by atoms with Crippen LogP contribution >= 0.6 is 0 Å². The second-order valence-corrected chi connectivity index (χ2v) is 8.38. The first-order valence-electron chi connectivity index (χ1n) is 11.6. The summed E-state index contributed by atoms with van der Waals surface area (Å²) in [6.45, 7) is 5.00. The summed E-state index contributed by atoms with van der Waals surface area (Å²) in [5.41, 5.74) is 3.10. The van der Waals surface area contributed by atoms with Crippen molar-refractivity contribution in [1.82, 2.24) is 9.97 Å². The smallest absolute Gasteiger partial charge is 0.323 e. The minimum atomic E-state index is -0.338. The molecule has 1 aromatic heterocycles. The molecular weight excluding hydrogens is 432 g/mol. The van der Waals surface area contributed by atoms with Crippen LogP contribution in [-0.2, 0) is 0 Å². The summed E-state index contributed by atoms with van der Waals surface area (Å²) < 4.78 is 11.1. The van der Waals surface area contributed by atoms with Gasteiger partial charge in [-0.1, -0.05) is 0 Å². The van der Waals surface area contributed by atoms with Crippen LogP contribution in [0.5, 0.6) is 11.5 Å². The lowest BCUT2D eigenvalue weighted by molar-refractivity contribution is 0.171. The van der Waals surface area contributed by atoms with E-state index < -0.39 is 0 Å². The average molecular weight is 461 g/mol. The lowest BCUT2D eigenvalue weighted by atomic mass is 10.1. The number of rotatable bonds is 5. The zero-order valence-electron chi connectivity index (χ0n) is 19.1. The van der Waals surface area contributed by atoms with Gasteiger partial charge >= 0.3 is 6.03 Å². The first kappa shape index (κ1) is 21.8. The fourth-order valence-corrected chi connectivity index (χ4v) is 4.05. The van der Waals surface area contributed by atoms with Crippen molar-refractivity contribution in [1.29, 1.82) is 0 Å². The van der Waals surface area contributed by atoms with Gasteiger partial charge in [-0.25, -0.2) is 9.78 Å². The Bertz CT molecular complexity index is 1160. The van der Waals surface area contributed by atoms with Gasteiger partial charge in [0.1, 0.15) is 19.0 Å². The van der Waals surface area contributed by atoms with Gasteiger partial charge in [-0.05, 0) is 62.6 Å². The standard InChI is InChI=1S/C25H28N6O3/c1-17-15-23(30-24(26-17)31-11-3-2-4-12-31)27-18-5-7-19(8-6-18)28-25(32)29-20-9-10-21-22(16-20)34-14-13-33-21/h5-10,15-16H,2-4,11-14H2,1H3,(H,26,27,30)(H2,28,29,32). The number of anilines is 5. The van der Waals surface area contributed by atoms with Crippen molar-refractivity contribution in [2.75, 3.05) is 47.2 Å². The number of benzene rings is 2. The van der Waals surface area contributed by atoms with Crippen molar-refractivity contribution in [2.45, 2.75) is 26.2 Å². The molecule has 1 fully saturated rings. The highest BCUT2D eigenvalue weighted by Crippen LogP contribution is 2.32. The maximum atomic E-state index is 12.4. The van der Waals surface area contributed by atoms with E-state index in [1.165, 1.54) is 19.3 Å². The molecule has 2 aliphatic heterocycles. The number of urea groups is 1. The number of fused-ring (bicyclic) bond motifs is 1. The van der Waals surface area contributed by atoms with E-state index in [9.17, 15) is 4.79 Å². The lowest BCUT2D eigenvalue weighted by Crippen LogP contribution is -2.31. The molecule has 3 N–H and O–H groups in total. The molecule has 3 heterocycles. The average Bonchev–Trinajstić information content (AvgIpc) is 2.85. The van der Waals surface area contributed by atoms with Gasteiger partial charge in [0.25, 0.3) is 0 Å². The van der Waals surface area contributed by atoms with Crippen LogP contribution in [0.1, 0.15) is 25.0 Å². The third-order valence-corrected chi connectivity index (χ3v) is 5.70. The van der Waals surface area contributed by atoms with Crippen molar-refractivity contribution in [2.24, 2.45) is 0 Å². The third kappa shape index (κ3) is 5.31. The highest BCUT2D eigenvalue weighted by molar-refractivity contribution is 6.00. The highest BCUT2D eigenvalue weighted by atomic mass is 16.6. The summed E-state index contributed by atoms with van der Waals surface area (Å²) in [7, 11) is 0. The molecule has 0 bridgehead atoms. The Hall–Kier alpha value is -4.01. The molecule has 0 atom stereocenters. The van der Waals surface area contributed by atoms with Crippen LogP contribution in [-0.4, -0.2) is 42.3 Å². The molecule has 0 saturated carbocycles. The Morgan fingerprint density at radius 2 is 1.50 bits per heavy atom. The number of ether oxygens (including phenoxy) is 2. The molecule has 2 aliphatic rings.